The molecule has 0 bridgehead atoms. The van der Waals surface area contributed by atoms with Gasteiger partial charge in [-0.05, 0) is 35.9 Å². The fourth-order valence-electron chi connectivity index (χ4n) is 2.47. The van der Waals surface area contributed by atoms with Crippen molar-refractivity contribution in [3.63, 3.8) is 0 Å². The molecule has 22 heavy (non-hydrogen) atoms. The molecular formula is C17H17ClN2O2. The predicted molar refractivity (Wildman–Crippen MR) is 89.0 cm³/mol. The second-order valence-corrected chi connectivity index (χ2v) is 5.74. The molecule has 114 valence electrons. The summed E-state index contributed by atoms with van der Waals surface area (Å²) < 4.78 is 5.59. The van der Waals surface area contributed by atoms with Crippen LogP contribution in [0.4, 0.5) is 11.4 Å². The summed E-state index contributed by atoms with van der Waals surface area (Å²) in [6.45, 7) is 1.52. The lowest BCUT2D eigenvalue weighted by molar-refractivity contribution is -0.115. The van der Waals surface area contributed by atoms with Gasteiger partial charge in [-0.3, -0.25) is 4.79 Å². The zero-order valence-corrected chi connectivity index (χ0v) is 13.1. The van der Waals surface area contributed by atoms with Crippen LogP contribution in [0, 0.1) is 0 Å². The highest BCUT2D eigenvalue weighted by molar-refractivity contribution is 6.30. The van der Waals surface area contributed by atoms with Crippen molar-refractivity contribution in [3.05, 3.63) is 53.1 Å². The summed E-state index contributed by atoms with van der Waals surface area (Å²) >= 11 is 5.93. The predicted octanol–water partition coefficient (Wildman–Crippen LogP) is 3.35. The topological polar surface area (TPSA) is 41.6 Å². The molecule has 4 nitrogen and oxygen atoms in total. The van der Waals surface area contributed by atoms with Crippen LogP contribution in [0.2, 0.25) is 5.02 Å². The van der Waals surface area contributed by atoms with Gasteiger partial charge < -0.3 is 15.0 Å². The van der Waals surface area contributed by atoms with Gasteiger partial charge in [0.1, 0.15) is 12.4 Å². The van der Waals surface area contributed by atoms with Crippen molar-refractivity contribution < 1.29 is 9.53 Å². The lowest BCUT2D eigenvalue weighted by Gasteiger charge is -2.28. The van der Waals surface area contributed by atoms with Gasteiger partial charge in [-0.1, -0.05) is 23.7 Å². The Balaban J connectivity index is 1.70. The number of fused-ring (bicyclic) bond motifs is 1. The second kappa shape index (κ2) is 6.28. The molecule has 1 amide bonds. The first kappa shape index (κ1) is 14.7. The molecule has 3 rings (SSSR count). The highest BCUT2D eigenvalue weighted by Gasteiger charge is 2.15. The van der Waals surface area contributed by atoms with Gasteiger partial charge in [0.2, 0.25) is 5.91 Å². The molecule has 1 aliphatic rings. The number of likely N-dealkylation sites (N-methyl/N-ethyl adjacent to an activating group) is 1. The van der Waals surface area contributed by atoms with E-state index in [0.29, 0.717) is 18.1 Å². The van der Waals surface area contributed by atoms with Crippen molar-refractivity contribution >= 4 is 28.9 Å². The molecule has 1 aliphatic heterocycles. The SMILES string of the molecule is CN1CCOc2ccc(NC(=O)Cc3cccc(Cl)c3)cc21. The van der Waals surface area contributed by atoms with Crippen LogP contribution in [0.15, 0.2) is 42.5 Å². The van der Waals surface area contributed by atoms with Crippen LogP contribution in [-0.4, -0.2) is 26.1 Å². The number of ether oxygens (including phenoxy) is 1. The Labute approximate surface area is 134 Å². The summed E-state index contributed by atoms with van der Waals surface area (Å²) in [6, 6.07) is 13.0. The molecule has 2 aromatic rings. The summed E-state index contributed by atoms with van der Waals surface area (Å²) in [6.07, 6.45) is 0.296. The molecule has 0 atom stereocenters. The van der Waals surface area contributed by atoms with Crippen LogP contribution in [0.5, 0.6) is 5.75 Å². The maximum Gasteiger partial charge on any atom is 0.228 e. The molecule has 5 heteroatoms. The van der Waals surface area contributed by atoms with Crippen LogP contribution in [-0.2, 0) is 11.2 Å². The van der Waals surface area contributed by atoms with E-state index in [4.69, 9.17) is 16.3 Å². The highest BCUT2D eigenvalue weighted by Crippen LogP contribution is 2.33. The minimum atomic E-state index is -0.0680. The van der Waals surface area contributed by atoms with E-state index in [-0.39, 0.29) is 5.91 Å². The van der Waals surface area contributed by atoms with E-state index < -0.39 is 0 Å². The molecular weight excluding hydrogens is 300 g/mol. The van der Waals surface area contributed by atoms with Crippen LogP contribution in [0.25, 0.3) is 0 Å². The van der Waals surface area contributed by atoms with Crippen molar-refractivity contribution in [1.82, 2.24) is 0 Å². The molecule has 1 heterocycles. The molecule has 1 N–H and O–H groups in total. The van der Waals surface area contributed by atoms with Gasteiger partial charge in [0.05, 0.1) is 18.7 Å². The minimum absolute atomic E-state index is 0.0680. The quantitative estimate of drug-likeness (QED) is 0.944. The van der Waals surface area contributed by atoms with Crippen LogP contribution in [0.1, 0.15) is 5.56 Å². The van der Waals surface area contributed by atoms with Gasteiger partial charge in [0.15, 0.2) is 0 Å². The number of hydrogen-bond donors (Lipinski definition) is 1. The Kier molecular flexibility index (Phi) is 4.20. The van der Waals surface area contributed by atoms with E-state index in [0.717, 1.165) is 29.2 Å². The summed E-state index contributed by atoms with van der Waals surface area (Å²) in [4.78, 5) is 14.3. The van der Waals surface area contributed by atoms with E-state index >= 15 is 0 Å². The lowest BCUT2D eigenvalue weighted by Crippen LogP contribution is -2.28. The molecule has 0 saturated carbocycles. The van der Waals surface area contributed by atoms with Crippen LogP contribution < -0.4 is 15.0 Å². The first-order valence-corrected chi connectivity index (χ1v) is 7.52. The minimum Gasteiger partial charge on any atom is -0.490 e. The number of rotatable bonds is 3. The van der Waals surface area contributed by atoms with Gasteiger partial charge in [-0.15, -0.1) is 0 Å². The number of benzene rings is 2. The average Bonchev–Trinajstić information content (AvgIpc) is 2.48. The molecule has 0 radical (unpaired) electrons. The van der Waals surface area contributed by atoms with Crippen molar-refractivity contribution in [2.75, 3.05) is 30.4 Å². The molecule has 2 aromatic carbocycles. The Hall–Kier alpha value is -2.20. The van der Waals surface area contributed by atoms with Crippen LogP contribution >= 0.6 is 11.6 Å². The number of amides is 1. The molecule has 0 fully saturated rings. The summed E-state index contributed by atoms with van der Waals surface area (Å²) in [5.41, 5.74) is 2.65. The van der Waals surface area contributed by atoms with Crippen molar-refractivity contribution in [2.45, 2.75) is 6.42 Å². The number of halogens is 1. The maximum atomic E-state index is 12.1. The van der Waals surface area contributed by atoms with E-state index in [2.05, 4.69) is 10.2 Å². The van der Waals surface area contributed by atoms with Crippen LogP contribution in [0.3, 0.4) is 0 Å². The fourth-order valence-corrected chi connectivity index (χ4v) is 2.68. The van der Waals surface area contributed by atoms with E-state index in [9.17, 15) is 4.79 Å². The number of anilines is 2. The lowest BCUT2D eigenvalue weighted by atomic mass is 10.1. The maximum absolute atomic E-state index is 12.1. The Morgan fingerprint density at radius 3 is 3.00 bits per heavy atom. The molecule has 0 spiro atoms. The zero-order chi connectivity index (χ0) is 15.5. The Morgan fingerprint density at radius 1 is 1.32 bits per heavy atom. The normalized spacial score (nSPS) is 13.3. The van der Waals surface area contributed by atoms with Gasteiger partial charge in [0, 0.05) is 17.8 Å². The zero-order valence-electron chi connectivity index (χ0n) is 12.3. The molecule has 0 unspecified atom stereocenters. The van der Waals surface area contributed by atoms with E-state index in [1.807, 2.05) is 37.4 Å². The summed E-state index contributed by atoms with van der Waals surface area (Å²) in [5, 5.41) is 3.55. The third-order valence-corrected chi connectivity index (χ3v) is 3.83. The second-order valence-electron chi connectivity index (χ2n) is 5.31. The smallest absolute Gasteiger partial charge is 0.228 e. The number of carbonyl (C=O) groups is 1. The van der Waals surface area contributed by atoms with Gasteiger partial charge in [-0.25, -0.2) is 0 Å². The van der Waals surface area contributed by atoms with E-state index in [1.165, 1.54) is 0 Å². The monoisotopic (exact) mass is 316 g/mol. The first-order chi connectivity index (χ1) is 10.6. The largest absolute Gasteiger partial charge is 0.490 e. The van der Waals surface area contributed by atoms with Gasteiger partial charge in [-0.2, -0.15) is 0 Å². The number of carbonyl (C=O) groups excluding carboxylic acids is 1. The molecule has 0 aromatic heterocycles. The van der Waals surface area contributed by atoms with Crippen molar-refractivity contribution in [3.8, 4) is 5.75 Å². The fraction of sp³-hybridized carbons (Fsp3) is 0.235. The van der Waals surface area contributed by atoms with Gasteiger partial charge in [0.25, 0.3) is 0 Å². The van der Waals surface area contributed by atoms with Crippen molar-refractivity contribution in [2.24, 2.45) is 0 Å². The number of nitrogens with zero attached hydrogens (tertiary/aromatic N) is 1. The Morgan fingerprint density at radius 2 is 2.18 bits per heavy atom. The summed E-state index contributed by atoms with van der Waals surface area (Å²) in [5.74, 6) is 0.781. The van der Waals surface area contributed by atoms with Gasteiger partial charge >= 0.3 is 0 Å². The number of nitrogens with one attached hydrogen (secondary N) is 1. The Bertz CT molecular complexity index is 703. The molecule has 0 aliphatic carbocycles. The highest BCUT2D eigenvalue weighted by atomic mass is 35.5. The average molecular weight is 317 g/mol. The molecule has 0 saturated heterocycles. The standard InChI is InChI=1S/C17H17ClN2O2/c1-20-7-8-22-16-6-5-14(11-15(16)20)19-17(21)10-12-3-2-4-13(18)9-12/h2-6,9,11H,7-8,10H2,1H3,(H,19,21). The summed E-state index contributed by atoms with van der Waals surface area (Å²) in [7, 11) is 2.01. The third-order valence-electron chi connectivity index (χ3n) is 3.59. The van der Waals surface area contributed by atoms with Crippen molar-refractivity contribution in [1.29, 1.82) is 0 Å². The third kappa shape index (κ3) is 3.34. The number of hydrogen-bond acceptors (Lipinski definition) is 3. The van der Waals surface area contributed by atoms with E-state index in [1.54, 1.807) is 12.1 Å². The first-order valence-electron chi connectivity index (χ1n) is 7.14.